The molecule has 0 aliphatic rings. The van der Waals surface area contributed by atoms with Gasteiger partial charge in [-0.3, -0.25) is 0 Å². The minimum Gasteiger partial charge on any atom is -0.305 e. The molecule has 0 unspecified atom stereocenters. The summed E-state index contributed by atoms with van der Waals surface area (Å²) in [6, 6.07) is 32.5. The van der Waals surface area contributed by atoms with Gasteiger partial charge in [0.25, 0.3) is 0 Å². The number of thiophene rings is 1. The van der Waals surface area contributed by atoms with Crippen molar-refractivity contribution >= 4 is 49.2 Å². The van der Waals surface area contributed by atoms with Gasteiger partial charge >= 0.3 is 110 Å². The van der Waals surface area contributed by atoms with Gasteiger partial charge < -0.3 is 4.98 Å². The molecule has 7 rings (SSSR count). The molecule has 3 aromatic heterocycles. The van der Waals surface area contributed by atoms with Gasteiger partial charge in [0.05, 0.1) is 0 Å². The normalized spacial score (nSPS) is 15.8. The summed E-state index contributed by atoms with van der Waals surface area (Å²) in [7, 11) is 0. The average molecular weight is 909 g/mol. The van der Waals surface area contributed by atoms with Gasteiger partial charge in [0.2, 0.25) is 0 Å². The number of aryl methyl sites for hydroxylation is 3. The number of nitrogens with zero attached hydrogens (tertiary/aromatic N) is 2. The molecule has 4 aromatic carbocycles. The first-order valence-electron chi connectivity index (χ1n) is 21.3. The summed E-state index contributed by atoms with van der Waals surface area (Å²) in [4.78, 5) is 9.00. The van der Waals surface area contributed by atoms with Crippen LogP contribution in [-0.2, 0) is 26.5 Å². The summed E-state index contributed by atoms with van der Waals surface area (Å²) >= 11 is -0.473. The van der Waals surface area contributed by atoms with E-state index in [4.69, 9.17) is 15.1 Å². The van der Waals surface area contributed by atoms with Gasteiger partial charge in [0.1, 0.15) is 0 Å². The van der Waals surface area contributed by atoms with E-state index < -0.39 is 40.2 Å². The van der Waals surface area contributed by atoms with Gasteiger partial charge in [-0.25, -0.2) is 0 Å². The summed E-state index contributed by atoms with van der Waals surface area (Å²) in [5.41, 5.74) is 5.33. The summed E-state index contributed by atoms with van der Waals surface area (Å²) in [5, 5.41) is 1.67. The zero-order chi connectivity index (χ0) is 43.3. The van der Waals surface area contributed by atoms with Crippen LogP contribution in [0, 0.1) is 38.6 Å². The van der Waals surface area contributed by atoms with Crippen molar-refractivity contribution in [2.45, 2.75) is 58.0 Å². The van der Waals surface area contributed by atoms with E-state index in [1.165, 1.54) is 33.9 Å². The molecule has 0 atom stereocenters. The van der Waals surface area contributed by atoms with Gasteiger partial charge in [0, 0.05) is 42.0 Å². The molecule has 0 fully saturated rings. The van der Waals surface area contributed by atoms with Crippen LogP contribution in [0.25, 0.3) is 53.8 Å². The molecular weight excluding hydrogens is 853 g/mol. The molecule has 0 bridgehead atoms. The van der Waals surface area contributed by atoms with Crippen molar-refractivity contribution in [2.24, 2.45) is 5.92 Å². The van der Waals surface area contributed by atoms with E-state index in [0.29, 0.717) is 38.2 Å². The Balaban J connectivity index is 0.000000274. The Morgan fingerprint density at radius 3 is 2.22 bits per heavy atom. The van der Waals surface area contributed by atoms with Gasteiger partial charge in [-0.1, -0.05) is 72.8 Å². The number of rotatable bonds is 6. The molecule has 0 aliphatic heterocycles. The predicted molar refractivity (Wildman–Crippen MR) is 211 cm³/mol. The Morgan fingerprint density at radius 2 is 1.57 bits per heavy atom. The number of hydrogen-bond donors (Lipinski definition) is 0. The van der Waals surface area contributed by atoms with E-state index >= 15 is 0 Å². The van der Waals surface area contributed by atoms with Crippen LogP contribution in [0.5, 0.6) is 0 Å². The fraction of sp³-hybridized carbons (Fsp3) is 0.227. The van der Waals surface area contributed by atoms with Crippen LogP contribution in [0.1, 0.15) is 51.2 Å². The maximum atomic E-state index is 8.52. The Bertz CT molecular complexity index is 2540. The van der Waals surface area contributed by atoms with Gasteiger partial charge in [-0.05, 0) is 64.5 Å². The molecule has 2 nitrogen and oxygen atoms in total. The Labute approximate surface area is 328 Å². The van der Waals surface area contributed by atoms with Crippen LogP contribution < -0.4 is 4.40 Å². The van der Waals surface area contributed by atoms with E-state index in [-0.39, 0.29) is 37.2 Å². The molecular formula is C44H44GeIrN2S-2. The van der Waals surface area contributed by atoms with Crippen LogP contribution in [0.15, 0.2) is 103 Å². The second-order valence-corrected chi connectivity index (χ2v) is 24.7. The minimum absolute atomic E-state index is 0. The fourth-order valence-electron chi connectivity index (χ4n) is 5.46. The van der Waals surface area contributed by atoms with E-state index in [1.807, 2.05) is 38.2 Å². The maximum Gasteiger partial charge on any atom is 0.0318 e. The Hall–Kier alpha value is -3.41. The summed E-state index contributed by atoms with van der Waals surface area (Å²) < 4.78 is 90.0. The quantitative estimate of drug-likeness (QED) is 0.123. The largest absolute Gasteiger partial charge is 0.305 e. The summed E-state index contributed by atoms with van der Waals surface area (Å²) in [5.74, 6) is 6.75. The van der Waals surface area contributed by atoms with Crippen molar-refractivity contribution < 1.29 is 35.2 Å². The molecule has 0 spiro atoms. The van der Waals surface area contributed by atoms with Crippen molar-refractivity contribution in [3.8, 4) is 33.6 Å². The zero-order valence-electron chi connectivity index (χ0n) is 39.0. The van der Waals surface area contributed by atoms with Gasteiger partial charge in [-0.2, -0.15) is 11.3 Å². The number of benzene rings is 4. The number of pyridine rings is 2. The third-order valence-corrected chi connectivity index (χ3v) is 13.5. The third kappa shape index (κ3) is 8.49. The molecule has 0 aliphatic carbocycles. The molecule has 251 valence electrons. The minimum atomic E-state index is -2.42. The molecule has 0 amide bonds. The third-order valence-electron chi connectivity index (χ3n) is 7.99. The van der Waals surface area contributed by atoms with E-state index in [0.717, 1.165) is 26.7 Å². The SMILES string of the molecule is [2H]C([2H])([2H])c1c[c-]c(-c2cc[c]([Ge]([CH3])([CH3])[CH3])cn2)cc1.[2H]C([2H])([2H])c1ccc(-c2ccc3c(sc4c(-c5cc(C([2H])([2H])C(C)C)ccn5)[c-]ccc43)c2C([2H])([2H])[2H])cc1.[Ir]. The van der Waals surface area contributed by atoms with Crippen LogP contribution >= 0.6 is 11.3 Å². The zero-order valence-corrected chi connectivity index (χ0v) is 33.3. The average Bonchev–Trinajstić information content (AvgIpc) is 3.55. The van der Waals surface area contributed by atoms with Crippen molar-refractivity contribution in [1.29, 1.82) is 0 Å². The van der Waals surface area contributed by atoms with E-state index in [1.54, 1.807) is 54.7 Å². The molecule has 0 N–H and O–H groups in total. The molecule has 3 heterocycles. The van der Waals surface area contributed by atoms with Crippen LogP contribution in [-0.4, -0.2) is 23.2 Å². The number of hydrogen-bond acceptors (Lipinski definition) is 3. The van der Waals surface area contributed by atoms with Gasteiger partial charge in [0.15, 0.2) is 0 Å². The van der Waals surface area contributed by atoms with Crippen molar-refractivity contribution in [2.75, 3.05) is 0 Å². The number of aromatic nitrogens is 2. The van der Waals surface area contributed by atoms with Crippen LogP contribution in [0.2, 0.25) is 17.3 Å². The fourth-order valence-corrected chi connectivity index (χ4v) is 8.89. The molecule has 49 heavy (non-hydrogen) atoms. The van der Waals surface area contributed by atoms with Crippen molar-refractivity contribution in [1.82, 2.24) is 9.97 Å². The summed E-state index contributed by atoms with van der Waals surface area (Å²) in [6.07, 6.45) is 2.00. The second kappa shape index (κ2) is 15.6. The summed E-state index contributed by atoms with van der Waals surface area (Å²) in [6.45, 7) is -3.07. The first kappa shape index (κ1) is 24.7. The first-order valence-corrected chi connectivity index (χ1v) is 24.0. The van der Waals surface area contributed by atoms with Crippen molar-refractivity contribution in [3.05, 3.63) is 138 Å². The molecule has 1 radical (unpaired) electrons. The Kier molecular flexibility index (Phi) is 7.88. The van der Waals surface area contributed by atoms with Crippen LogP contribution in [0.4, 0.5) is 0 Å². The standard InChI is InChI=1S/C29H26NS.C15H18GeN.Ir/c1-18(2)16-21-14-15-30-27(17-21)26-7-5-6-24-25-13-12-23(20(4)28(25)31-29(24)26)22-10-8-19(3)9-11-22;1-12-5-7-13(8-6-12)15-10-9-14(11-17-15)16(2,3)4;/h5-6,8-15,17-18H,16H2,1-4H3;5-7,9-11H,1-4H3;/q2*-1;/i3D3,4D3,16D2;1D3;. The topological polar surface area (TPSA) is 25.8 Å². The monoisotopic (exact) mass is 910 g/mol. The first-order chi connectivity index (χ1) is 27.4. The number of fused-ring (bicyclic) bond motifs is 3. The van der Waals surface area contributed by atoms with Crippen molar-refractivity contribution in [3.63, 3.8) is 0 Å². The second-order valence-electron chi connectivity index (χ2n) is 13.0. The molecule has 0 saturated carbocycles. The van der Waals surface area contributed by atoms with E-state index in [2.05, 4.69) is 45.4 Å². The molecule has 0 saturated heterocycles. The maximum absolute atomic E-state index is 8.52. The van der Waals surface area contributed by atoms with Gasteiger partial charge in [-0.15, -0.1) is 23.8 Å². The van der Waals surface area contributed by atoms with Crippen LogP contribution in [0.3, 0.4) is 0 Å². The molecule has 5 heteroatoms. The van der Waals surface area contributed by atoms with E-state index in [9.17, 15) is 0 Å². The smallest absolute Gasteiger partial charge is 0.0318 e. The Morgan fingerprint density at radius 1 is 0.796 bits per heavy atom. The molecule has 7 aromatic rings. The predicted octanol–water partition coefficient (Wildman–Crippen LogP) is 11.8.